The van der Waals surface area contributed by atoms with Gasteiger partial charge in [-0.3, -0.25) is 24.3 Å². The van der Waals surface area contributed by atoms with Crippen LogP contribution in [0, 0.1) is 17.0 Å². The first-order valence-electron chi connectivity index (χ1n) is 6.53. The summed E-state index contributed by atoms with van der Waals surface area (Å²) in [5, 5.41) is 22.1. The molecular weight excluding hydrogens is 312 g/mol. The molecule has 0 saturated carbocycles. The first kappa shape index (κ1) is 16.0. The van der Waals surface area contributed by atoms with Crippen molar-refractivity contribution in [3.05, 3.63) is 38.4 Å². The molecule has 2 aromatic heterocycles. The van der Waals surface area contributed by atoms with Gasteiger partial charge in [-0.05, 0) is 13.8 Å². The van der Waals surface area contributed by atoms with E-state index in [-0.39, 0.29) is 17.9 Å². The van der Waals surface area contributed by atoms with Crippen LogP contribution in [0.1, 0.15) is 28.8 Å². The number of hydrogen-bond acceptors (Lipinski definition) is 5. The summed E-state index contributed by atoms with van der Waals surface area (Å²) in [7, 11) is 1.54. The van der Waals surface area contributed by atoms with Gasteiger partial charge in [-0.25, -0.2) is 0 Å². The molecule has 10 heteroatoms. The third kappa shape index (κ3) is 2.93. The normalized spacial score (nSPS) is 10.7. The third-order valence-electron chi connectivity index (χ3n) is 3.23. The van der Waals surface area contributed by atoms with Crippen LogP contribution in [0.3, 0.4) is 0 Å². The van der Waals surface area contributed by atoms with Gasteiger partial charge >= 0.3 is 5.69 Å². The van der Waals surface area contributed by atoms with E-state index in [2.05, 4.69) is 15.5 Å². The van der Waals surface area contributed by atoms with E-state index in [1.54, 1.807) is 17.9 Å². The highest BCUT2D eigenvalue weighted by Gasteiger charge is 2.28. The Kier molecular flexibility index (Phi) is 4.45. The summed E-state index contributed by atoms with van der Waals surface area (Å²) in [4.78, 5) is 22.6. The summed E-state index contributed by atoms with van der Waals surface area (Å²) in [6.07, 6.45) is 1.65. The maximum Gasteiger partial charge on any atom is 0.322 e. The molecule has 22 heavy (non-hydrogen) atoms. The van der Waals surface area contributed by atoms with Crippen LogP contribution in [-0.2, 0) is 20.1 Å². The lowest BCUT2D eigenvalue weighted by Gasteiger charge is -2.01. The fourth-order valence-corrected chi connectivity index (χ4v) is 2.15. The molecule has 0 spiro atoms. The molecule has 2 rings (SSSR count). The van der Waals surface area contributed by atoms with Crippen LogP contribution >= 0.6 is 11.6 Å². The van der Waals surface area contributed by atoms with Crippen molar-refractivity contribution in [3.8, 4) is 0 Å². The summed E-state index contributed by atoms with van der Waals surface area (Å²) in [5.74, 6) is -0.641. The fraction of sp³-hybridized carbons (Fsp3) is 0.417. The number of nitro groups is 1. The van der Waals surface area contributed by atoms with E-state index in [0.29, 0.717) is 23.0 Å². The molecule has 0 aromatic carbocycles. The van der Waals surface area contributed by atoms with Crippen LogP contribution in [0.15, 0.2) is 6.20 Å². The Balaban J connectivity index is 2.18. The second-order valence-electron chi connectivity index (χ2n) is 4.63. The van der Waals surface area contributed by atoms with Gasteiger partial charge < -0.3 is 5.32 Å². The Morgan fingerprint density at radius 1 is 1.50 bits per heavy atom. The van der Waals surface area contributed by atoms with E-state index >= 15 is 0 Å². The van der Waals surface area contributed by atoms with Gasteiger partial charge in [0.1, 0.15) is 11.4 Å². The van der Waals surface area contributed by atoms with E-state index in [4.69, 9.17) is 11.6 Å². The molecule has 2 heterocycles. The molecule has 0 aliphatic heterocycles. The zero-order valence-electron chi connectivity index (χ0n) is 12.3. The molecule has 0 bridgehead atoms. The quantitative estimate of drug-likeness (QED) is 0.660. The lowest BCUT2D eigenvalue weighted by atomic mass is 10.3. The molecule has 1 N–H and O–H groups in total. The molecule has 1 amide bonds. The predicted octanol–water partition coefficient (Wildman–Crippen LogP) is 1.44. The summed E-state index contributed by atoms with van der Waals surface area (Å²) in [6.45, 7) is 4.16. The zero-order chi connectivity index (χ0) is 16.4. The molecule has 0 aliphatic rings. The van der Waals surface area contributed by atoms with E-state index < -0.39 is 10.8 Å². The summed E-state index contributed by atoms with van der Waals surface area (Å²) >= 11 is 6.00. The lowest BCUT2D eigenvalue weighted by molar-refractivity contribution is -0.385. The van der Waals surface area contributed by atoms with Crippen molar-refractivity contribution in [1.29, 1.82) is 0 Å². The maximum atomic E-state index is 12.1. The van der Waals surface area contributed by atoms with Crippen molar-refractivity contribution in [1.82, 2.24) is 24.9 Å². The lowest BCUT2D eigenvalue weighted by Crippen LogP contribution is -2.24. The number of halogens is 1. The molecule has 0 atom stereocenters. The van der Waals surface area contributed by atoms with Crippen molar-refractivity contribution >= 4 is 23.2 Å². The standard InChI is InChI=1S/C12H15ClN6O3/c1-4-18-6-8(13)9(15-18)5-14-12(20)10-11(19(21)22)7(2)17(3)16-10/h6H,4-5H2,1-3H3,(H,14,20). The average Bonchev–Trinajstić information content (AvgIpc) is 2.97. The second kappa shape index (κ2) is 6.14. The molecule has 0 radical (unpaired) electrons. The Morgan fingerprint density at radius 2 is 2.18 bits per heavy atom. The van der Waals surface area contributed by atoms with E-state index in [1.807, 2.05) is 6.92 Å². The first-order valence-corrected chi connectivity index (χ1v) is 6.91. The van der Waals surface area contributed by atoms with Crippen molar-refractivity contribution in [2.24, 2.45) is 7.05 Å². The van der Waals surface area contributed by atoms with E-state index in [1.165, 1.54) is 11.6 Å². The fourth-order valence-electron chi connectivity index (χ4n) is 1.94. The van der Waals surface area contributed by atoms with E-state index in [0.717, 1.165) is 0 Å². The van der Waals surface area contributed by atoms with Gasteiger partial charge in [0.2, 0.25) is 5.69 Å². The highest BCUT2D eigenvalue weighted by molar-refractivity contribution is 6.31. The number of nitrogens with one attached hydrogen (secondary N) is 1. The van der Waals surface area contributed by atoms with Crippen molar-refractivity contribution in [3.63, 3.8) is 0 Å². The van der Waals surface area contributed by atoms with Crippen molar-refractivity contribution in [2.75, 3.05) is 0 Å². The molecule has 0 aliphatic carbocycles. The Bertz CT molecular complexity index is 736. The Labute approximate surface area is 131 Å². The van der Waals surface area contributed by atoms with Crippen molar-refractivity contribution in [2.45, 2.75) is 26.9 Å². The summed E-state index contributed by atoms with van der Waals surface area (Å²) in [6, 6.07) is 0. The van der Waals surface area contributed by atoms with Crippen LogP contribution in [0.25, 0.3) is 0 Å². The Hall–Kier alpha value is -2.42. The van der Waals surface area contributed by atoms with Crippen LogP contribution in [-0.4, -0.2) is 30.4 Å². The highest BCUT2D eigenvalue weighted by Crippen LogP contribution is 2.22. The van der Waals surface area contributed by atoms with Gasteiger partial charge in [0.05, 0.1) is 16.5 Å². The number of amides is 1. The number of aromatic nitrogens is 4. The van der Waals surface area contributed by atoms with Gasteiger partial charge in [-0.2, -0.15) is 10.2 Å². The van der Waals surface area contributed by atoms with Gasteiger partial charge in [0.25, 0.3) is 5.91 Å². The van der Waals surface area contributed by atoms with Crippen LogP contribution < -0.4 is 5.32 Å². The highest BCUT2D eigenvalue weighted by atomic mass is 35.5. The largest absolute Gasteiger partial charge is 0.345 e. The van der Waals surface area contributed by atoms with Gasteiger partial charge in [-0.1, -0.05) is 11.6 Å². The minimum Gasteiger partial charge on any atom is -0.345 e. The topological polar surface area (TPSA) is 108 Å². The maximum absolute atomic E-state index is 12.1. The first-order chi connectivity index (χ1) is 10.3. The van der Waals surface area contributed by atoms with Gasteiger partial charge in [0.15, 0.2) is 0 Å². The van der Waals surface area contributed by atoms with Crippen molar-refractivity contribution < 1.29 is 9.72 Å². The Morgan fingerprint density at radius 3 is 2.73 bits per heavy atom. The van der Waals surface area contributed by atoms with Crippen LogP contribution in [0.4, 0.5) is 5.69 Å². The number of aryl methyl sites for hydroxylation is 2. The van der Waals surface area contributed by atoms with Crippen LogP contribution in [0.5, 0.6) is 0 Å². The predicted molar refractivity (Wildman–Crippen MR) is 78.7 cm³/mol. The summed E-state index contributed by atoms with van der Waals surface area (Å²) < 4.78 is 2.93. The smallest absolute Gasteiger partial charge is 0.322 e. The van der Waals surface area contributed by atoms with Gasteiger partial charge in [-0.15, -0.1) is 0 Å². The molecule has 118 valence electrons. The summed E-state index contributed by atoms with van der Waals surface area (Å²) in [5.41, 5.74) is 0.275. The number of carbonyl (C=O) groups is 1. The van der Waals surface area contributed by atoms with Gasteiger partial charge in [0, 0.05) is 19.8 Å². The third-order valence-corrected chi connectivity index (χ3v) is 3.54. The zero-order valence-corrected chi connectivity index (χ0v) is 13.1. The van der Waals surface area contributed by atoms with Crippen LogP contribution in [0.2, 0.25) is 5.02 Å². The van der Waals surface area contributed by atoms with E-state index in [9.17, 15) is 14.9 Å². The molecule has 2 aromatic rings. The monoisotopic (exact) mass is 326 g/mol. The molecular formula is C12H15ClN6O3. The molecule has 0 fully saturated rings. The number of nitrogens with zero attached hydrogens (tertiary/aromatic N) is 5. The SMILES string of the molecule is CCn1cc(Cl)c(CNC(=O)c2nn(C)c(C)c2[N+](=O)[O-])n1. The number of carbonyl (C=O) groups excluding carboxylic acids is 1. The minimum absolute atomic E-state index is 0.0669. The molecule has 0 unspecified atom stereocenters. The molecule has 9 nitrogen and oxygen atoms in total. The second-order valence-corrected chi connectivity index (χ2v) is 5.03. The average molecular weight is 327 g/mol. The number of rotatable bonds is 5. The molecule has 0 saturated heterocycles. The number of hydrogen-bond donors (Lipinski definition) is 1. The minimum atomic E-state index is -0.641.